The lowest BCUT2D eigenvalue weighted by molar-refractivity contribution is 0.0681. The van der Waals surface area contributed by atoms with E-state index in [0.29, 0.717) is 18.8 Å². The second-order valence-electron chi connectivity index (χ2n) is 5.31. The van der Waals surface area contributed by atoms with Crippen molar-refractivity contribution in [1.82, 2.24) is 14.5 Å². The van der Waals surface area contributed by atoms with Crippen LogP contribution in [0.2, 0.25) is 0 Å². The van der Waals surface area contributed by atoms with Gasteiger partial charge in [0.1, 0.15) is 5.69 Å². The molecule has 2 heterocycles. The zero-order chi connectivity index (χ0) is 13.7. The Bertz CT molecular complexity index is 407. The molecule has 2 rings (SSSR count). The van der Waals surface area contributed by atoms with Gasteiger partial charge in [-0.3, -0.25) is 4.79 Å². The number of hydrogen-bond donors (Lipinski definition) is 1. The highest BCUT2D eigenvalue weighted by Gasteiger charge is 2.24. The van der Waals surface area contributed by atoms with Crippen molar-refractivity contribution in [2.45, 2.75) is 39.2 Å². The van der Waals surface area contributed by atoms with Gasteiger partial charge in [-0.05, 0) is 18.8 Å². The molecule has 1 aliphatic heterocycles. The number of carbonyl (C=O) groups excluding carboxylic acids is 1. The van der Waals surface area contributed by atoms with Gasteiger partial charge in [-0.2, -0.15) is 0 Å². The molecule has 1 aromatic heterocycles. The Hall–Kier alpha value is -1.36. The predicted molar refractivity (Wildman–Crippen MR) is 74.8 cm³/mol. The highest BCUT2D eigenvalue weighted by molar-refractivity contribution is 5.92. The molecule has 0 saturated carbocycles. The first-order valence-electron chi connectivity index (χ1n) is 7.25. The van der Waals surface area contributed by atoms with Crippen LogP contribution in [-0.2, 0) is 6.54 Å². The predicted octanol–water partition coefficient (Wildman–Crippen LogP) is 1.49. The number of imidazole rings is 1. The summed E-state index contributed by atoms with van der Waals surface area (Å²) in [6, 6.07) is 0. The average Bonchev–Trinajstić information content (AvgIpc) is 2.88. The molecule has 5 heteroatoms. The average molecular weight is 264 g/mol. The normalized spacial score (nSPS) is 16.8. The number of nitrogens with two attached hydrogens (primary N) is 1. The Morgan fingerprint density at radius 2 is 2.21 bits per heavy atom. The van der Waals surface area contributed by atoms with Crippen molar-refractivity contribution >= 4 is 5.91 Å². The maximum atomic E-state index is 12.3. The molecule has 0 bridgehead atoms. The molecule has 1 aliphatic rings. The topological polar surface area (TPSA) is 64.2 Å². The zero-order valence-electron chi connectivity index (χ0n) is 11.7. The SMILES string of the molecule is CCCC1CCN(C(=O)c2cn(CCN)cn2)CC1. The van der Waals surface area contributed by atoms with Gasteiger partial charge in [0.25, 0.3) is 5.91 Å². The first-order valence-corrected chi connectivity index (χ1v) is 7.25. The van der Waals surface area contributed by atoms with Gasteiger partial charge in [-0.15, -0.1) is 0 Å². The summed E-state index contributed by atoms with van der Waals surface area (Å²) in [6.45, 7) is 5.23. The number of likely N-dealkylation sites (tertiary alicyclic amines) is 1. The van der Waals surface area contributed by atoms with Crippen LogP contribution in [0.15, 0.2) is 12.5 Å². The number of hydrogen-bond acceptors (Lipinski definition) is 3. The maximum absolute atomic E-state index is 12.3. The molecule has 1 amide bonds. The molecule has 19 heavy (non-hydrogen) atoms. The fourth-order valence-electron chi connectivity index (χ4n) is 2.74. The highest BCUT2D eigenvalue weighted by Crippen LogP contribution is 2.22. The summed E-state index contributed by atoms with van der Waals surface area (Å²) in [7, 11) is 0. The van der Waals surface area contributed by atoms with Gasteiger partial charge in [0.05, 0.1) is 6.33 Å². The first kappa shape index (κ1) is 14.1. The Balaban J connectivity index is 1.89. The van der Waals surface area contributed by atoms with E-state index in [1.165, 1.54) is 12.8 Å². The Morgan fingerprint density at radius 1 is 1.47 bits per heavy atom. The number of aromatic nitrogens is 2. The van der Waals surface area contributed by atoms with E-state index >= 15 is 0 Å². The summed E-state index contributed by atoms with van der Waals surface area (Å²) in [5, 5.41) is 0. The van der Waals surface area contributed by atoms with E-state index in [9.17, 15) is 4.79 Å². The number of carbonyl (C=O) groups is 1. The van der Waals surface area contributed by atoms with Crippen molar-refractivity contribution in [3.8, 4) is 0 Å². The van der Waals surface area contributed by atoms with E-state index in [1.54, 1.807) is 12.5 Å². The molecule has 106 valence electrons. The second-order valence-corrected chi connectivity index (χ2v) is 5.31. The molecule has 1 fully saturated rings. The molecule has 1 aromatic rings. The Labute approximate surface area is 114 Å². The summed E-state index contributed by atoms with van der Waals surface area (Å²) >= 11 is 0. The molecule has 1 saturated heterocycles. The van der Waals surface area contributed by atoms with Gasteiger partial charge in [-0.1, -0.05) is 19.8 Å². The maximum Gasteiger partial charge on any atom is 0.274 e. The summed E-state index contributed by atoms with van der Waals surface area (Å²) in [5.74, 6) is 0.856. The van der Waals surface area contributed by atoms with E-state index < -0.39 is 0 Å². The number of rotatable bonds is 5. The zero-order valence-corrected chi connectivity index (χ0v) is 11.7. The molecule has 0 radical (unpaired) electrons. The number of piperidine rings is 1. The Kier molecular flexibility index (Phi) is 4.96. The van der Waals surface area contributed by atoms with Crippen LogP contribution in [0.25, 0.3) is 0 Å². The summed E-state index contributed by atoms with van der Waals surface area (Å²) in [6.07, 6.45) is 8.26. The minimum atomic E-state index is 0.0609. The molecular formula is C14H24N4O. The van der Waals surface area contributed by atoms with Crippen molar-refractivity contribution in [1.29, 1.82) is 0 Å². The van der Waals surface area contributed by atoms with Gasteiger partial charge in [0.15, 0.2) is 0 Å². The van der Waals surface area contributed by atoms with Crippen LogP contribution in [-0.4, -0.2) is 40.0 Å². The van der Waals surface area contributed by atoms with Crippen LogP contribution in [0.1, 0.15) is 43.1 Å². The largest absolute Gasteiger partial charge is 0.337 e. The summed E-state index contributed by atoms with van der Waals surface area (Å²) < 4.78 is 1.87. The van der Waals surface area contributed by atoms with Crippen molar-refractivity contribution in [3.63, 3.8) is 0 Å². The van der Waals surface area contributed by atoms with E-state index in [0.717, 1.165) is 31.8 Å². The summed E-state index contributed by atoms with van der Waals surface area (Å²) in [4.78, 5) is 18.4. The molecule has 0 atom stereocenters. The quantitative estimate of drug-likeness (QED) is 0.876. The van der Waals surface area contributed by atoms with Crippen LogP contribution < -0.4 is 5.73 Å². The molecule has 5 nitrogen and oxygen atoms in total. The van der Waals surface area contributed by atoms with Crippen LogP contribution in [0.5, 0.6) is 0 Å². The molecular weight excluding hydrogens is 240 g/mol. The number of nitrogens with zero attached hydrogens (tertiary/aromatic N) is 3. The monoisotopic (exact) mass is 264 g/mol. The van der Waals surface area contributed by atoms with Crippen molar-refractivity contribution in [3.05, 3.63) is 18.2 Å². The van der Waals surface area contributed by atoms with Crippen LogP contribution in [0.4, 0.5) is 0 Å². The smallest absolute Gasteiger partial charge is 0.274 e. The Morgan fingerprint density at radius 3 is 2.84 bits per heavy atom. The lowest BCUT2D eigenvalue weighted by atomic mass is 9.92. The molecule has 2 N–H and O–H groups in total. The van der Waals surface area contributed by atoms with E-state index in [1.807, 2.05) is 9.47 Å². The van der Waals surface area contributed by atoms with Gasteiger partial charge in [0, 0.05) is 32.4 Å². The van der Waals surface area contributed by atoms with Crippen LogP contribution in [0, 0.1) is 5.92 Å². The van der Waals surface area contributed by atoms with Gasteiger partial charge in [0.2, 0.25) is 0 Å². The third kappa shape index (κ3) is 3.56. The van der Waals surface area contributed by atoms with E-state index in [-0.39, 0.29) is 5.91 Å². The molecule has 0 unspecified atom stereocenters. The van der Waals surface area contributed by atoms with E-state index in [4.69, 9.17) is 5.73 Å². The van der Waals surface area contributed by atoms with Gasteiger partial charge in [-0.25, -0.2) is 4.98 Å². The number of amides is 1. The first-order chi connectivity index (χ1) is 9.24. The van der Waals surface area contributed by atoms with Crippen molar-refractivity contribution in [2.75, 3.05) is 19.6 Å². The fraction of sp³-hybridized carbons (Fsp3) is 0.714. The van der Waals surface area contributed by atoms with Gasteiger partial charge >= 0.3 is 0 Å². The highest BCUT2D eigenvalue weighted by atomic mass is 16.2. The fourth-order valence-corrected chi connectivity index (χ4v) is 2.74. The lowest BCUT2D eigenvalue weighted by Crippen LogP contribution is -2.38. The van der Waals surface area contributed by atoms with E-state index in [2.05, 4.69) is 11.9 Å². The van der Waals surface area contributed by atoms with Crippen molar-refractivity contribution in [2.24, 2.45) is 11.7 Å². The molecule has 0 aromatic carbocycles. The minimum Gasteiger partial charge on any atom is -0.337 e. The lowest BCUT2D eigenvalue weighted by Gasteiger charge is -2.31. The standard InChI is InChI=1S/C14H24N4O/c1-2-3-12-4-7-18(8-5-12)14(19)13-10-17(9-6-15)11-16-13/h10-12H,2-9,15H2,1H3. The molecule has 0 spiro atoms. The molecule has 0 aliphatic carbocycles. The minimum absolute atomic E-state index is 0.0609. The van der Waals surface area contributed by atoms with Crippen LogP contribution in [0.3, 0.4) is 0 Å². The van der Waals surface area contributed by atoms with Crippen molar-refractivity contribution < 1.29 is 4.79 Å². The van der Waals surface area contributed by atoms with Gasteiger partial charge < -0.3 is 15.2 Å². The van der Waals surface area contributed by atoms with Crippen LogP contribution >= 0.6 is 0 Å². The third-order valence-corrected chi connectivity index (χ3v) is 3.84. The third-order valence-electron chi connectivity index (χ3n) is 3.84. The second kappa shape index (κ2) is 6.70. The summed E-state index contributed by atoms with van der Waals surface area (Å²) in [5.41, 5.74) is 6.03.